The zero-order chi connectivity index (χ0) is 15.0. The number of carbonyl (C=O) groups is 2. The van der Waals surface area contributed by atoms with Crippen molar-refractivity contribution in [2.45, 2.75) is 26.7 Å². The summed E-state index contributed by atoms with van der Waals surface area (Å²) in [6.45, 7) is 4.02. The van der Waals surface area contributed by atoms with Crippen molar-refractivity contribution in [3.8, 4) is 5.75 Å². The van der Waals surface area contributed by atoms with Crippen molar-refractivity contribution in [1.82, 2.24) is 5.32 Å². The van der Waals surface area contributed by atoms with Crippen molar-refractivity contribution in [3.63, 3.8) is 0 Å². The third-order valence-electron chi connectivity index (χ3n) is 2.50. The Balaban J connectivity index is 2.75. The van der Waals surface area contributed by atoms with Crippen molar-refractivity contribution >= 4 is 18.0 Å². The molecule has 0 spiro atoms. The maximum atomic E-state index is 11.0. The molecule has 0 aromatic heterocycles. The molecule has 0 saturated carbocycles. The number of benzene rings is 1. The number of carbonyl (C=O) groups excluding carboxylic acids is 1. The summed E-state index contributed by atoms with van der Waals surface area (Å²) in [5, 5.41) is 11.2. The summed E-state index contributed by atoms with van der Waals surface area (Å²) < 4.78 is 5.51. The Bertz CT molecular complexity index is 491. The molecule has 0 aliphatic carbocycles. The molecule has 0 heterocycles. The van der Waals surface area contributed by atoms with Gasteiger partial charge in [0, 0.05) is 6.92 Å². The molecule has 0 atom stereocenters. The molecule has 1 rings (SSSR count). The lowest BCUT2D eigenvalue weighted by atomic mass is 10.2. The van der Waals surface area contributed by atoms with Crippen LogP contribution in [0.5, 0.6) is 5.75 Å². The molecule has 0 unspecified atom stereocenters. The Labute approximate surface area is 118 Å². The molecular formula is C15H19NO4. The largest absolute Gasteiger partial charge is 0.494 e. The van der Waals surface area contributed by atoms with Gasteiger partial charge in [-0.2, -0.15) is 0 Å². The molecule has 20 heavy (non-hydrogen) atoms. The summed E-state index contributed by atoms with van der Waals surface area (Å²) in [5.74, 6) is -0.853. The molecule has 0 aliphatic rings. The van der Waals surface area contributed by atoms with Crippen LogP contribution in [0.1, 0.15) is 32.3 Å². The van der Waals surface area contributed by atoms with Gasteiger partial charge in [0.05, 0.1) is 6.61 Å². The first-order valence-electron chi connectivity index (χ1n) is 6.48. The molecule has 1 aromatic carbocycles. The minimum atomic E-state index is -1.18. The Morgan fingerprint density at radius 1 is 1.30 bits per heavy atom. The highest BCUT2D eigenvalue weighted by molar-refractivity contribution is 5.96. The van der Waals surface area contributed by atoms with Gasteiger partial charge in [-0.15, -0.1) is 0 Å². The number of amides is 1. The second-order valence-electron chi connectivity index (χ2n) is 4.32. The maximum Gasteiger partial charge on any atom is 0.352 e. The van der Waals surface area contributed by atoms with Gasteiger partial charge in [0.1, 0.15) is 11.4 Å². The first-order valence-corrected chi connectivity index (χ1v) is 6.48. The number of ether oxygens (including phenoxy) is 1. The number of carboxylic acids is 1. The standard InChI is InChI=1S/C15H19NO4/c1-3-4-9-20-13-7-5-12(6-8-13)10-14(15(18)19)16-11(2)17/h5-8,10H,3-4,9H2,1-2H3,(H,16,17)(H,18,19)/b14-10+. The zero-order valence-corrected chi connectivity index (χ0v) is 11.7. The number of hydrogen-bond acceptors (Lipinski definition) is 3. The van der Waals surface area contributed by atoms with E-state index in [2.05, 4.69) is 12.2 Å². The van der Waals surface area contributed by atoms with Crippen LogP contribution in [0.4, 0.5) is 0 Å². The number of hydrogen-bond donors (Lipinski definition) is 2. The molecule has 1 aromatic rings. The smallest absolute Gasteiger partial charge is 0.352 e. The lowest BCUT2D eigenvalue weighted by Gasteiger charge is -2.06. The van der Waals surface area contributed by atoms with Crippen LogP contribution in [0.25, 0.3) is 6.08 Å². The first kappa shape index (κ1) is 15.8. The Morgan fingerprint density at radius 2 is 1.95 bits per heavy atom. The van der Waals surface area contributed by atoms with Crippen LogP contribution in [-0.2, 0) is 9.59 Å². The molecule has 5 heteroatoms. The lowest BCUT2D eigenvalue weighted by molar-refractivity contribution is -0.134. The Hall–Kier alpha value is -2.30. The van der Waals surface area contributed by atoms with Gasteiger partial charge in [-0.05, 0) is 30.2 Å². The first-order chi connectivity index (χ1) is 9.52. The molecule has 0 radical (unpaired) electrons. The zero-order valence-electron chi connectivity index (χ0n) is 11.7. The van der Waals surface area contributed by atoms with E-state index in [-0.39, 0.29) is 5.70 Å². The molecule has 0 aliphatic heterocycles. The summed E-state index contributed by atoms with van der Waals surface area (Å²) in [4.78, 5) is 21.9. The number of aliphatic carboxylic acids is 1. The van der Waals surface area contributed by atoms with Crippen LogP contribution in [0.3, 0.4) is 0 Å². The predicted molar refractivity (Wildman–Crippen MR) is 76.3 cm³/mol. The van der Waals surface area contributed by atoms with E-state index in [9.17, 15) is 9.59 Å². The summed E-state index contributed by atoms with van der Waals surface area (Å²) in [6.07, 6.45) is 3.46. The van der Waals surface area contributed by atoms with Crippen molar-refractivity contribution in [3.05, 3.63) is 35.5 Å². The predicted octanol–water partition coefficient (Wildman–Crippen LogP) is 2.43. The highest BCUT2D eigenvalue weighted by Gasteiger charge is 2.08. The molecule has 0 bridgehead atoms. The maximum absolute atomic E-state index is 11.0. The van der Waals surface area contributed by atoms with Crippen molar-refractivity contribution in [1.29, 1.82) is 0 Å². The minimum absolute atomic E-state index is 0.155. The number of rotatable bonds is 7. The molecule has 0 fully saturated rings. The monoisotopic (exact) mass is 277 g/mol. The van der Waals surface area contributed by atoms with Gasteiger partial charge in [-0.25, -0.2) is 4.79 Å². The van der Waals surface area contributed by atoms with E-state index in [4.69, 9.17) is 9.84 Å². The summed E-state index contributed by atoms with van der Waals surface area (Å²) in [7, 11) is 0. The fourth-order valence-electron chi connectivity index (χ4n) is 1.50. The van der Waals surface area contributed by atoms with Crippen LogP contribution in [-0.4, -0.2) is 23.6 Å². The van der Waals surface area contributed by atoms with Crippen LogP contribution in [0.2, 0.25) is 0 Å². The van der Waals surface area contributed by atoms with Crippen molar-refractivity contribution < 1.29 is 19.4 Å². The van der Waals surface area contributed by atoms with Gasteiger partial charge >= 0.3 is 5.97 Å². The number of carboxylic acid groups (broad SMARTS) is 1. The summed E-state index contributed by atoms with van der Waals surface area (Å²) in [5.41, 5.74) is 0.524. The third kappa shape index (κ3) is 5.56. The van der Waals surface area contributed by atoms with Gasteiger partial charge in [0.15, 0.2) is 0 Å². The molecule has 108 valence electrons. The summed E-state index contributed by atoms with van der Waals surface area (Å²) in [6, 6.07) is 7.03. The molecule has 2 N–H and O–H groups in total. The highest BCUT2D eigenvalue weighted by Crippen LogP contribution is 2.14. The van der Waals surface area contributed by atoms with Crippen molar-refractivity contribution in [2.24, 2.45) is 0 Å². The molecule has 5 nitrogen and oxygen atoms in total. The van der Waals surface area contributed by atoms with Gasteiger partial charge < -0.3 is 15.2 Å². The lowest BCUT2D eigenvalue weighted by Crippen LogP contribution is -2.24. The van der Waals surface area contributed by atoms with Gasteiger partial charge in [0.2, 0.25) is 5.91 Å². The van der Waals surface area contributed by atoms with E-state index in [0.717, 1.165) is 18.6 Å². The van der Waals surface area contributed by atoms with Crippen LogP contribution in [0.15, 0.2) is 30.0 Å². The second-order valence-corrected chi connectivity index (χ2v) is 4.32. The fourth-order valence-corrected chi connectivity index (χ4v) is 1.50. The van der Waals surface area contributed by atoms with E-state index in [1.807, 2.05) is 0 Å². The highest BCUT2D eigenvalue weighted by atomic mass is 16.5. The van der Waals surface area contributed by atoms with Crippen molar-refractivity contribution in [2.75, 3.05) is 6.61 Å². The van der Waals surface area contributed by atoms with E-state index in [1.165, 1.54) is 13.0 Å². The van der Waals surface area contributed by atoms with Gasteiger partial charge in [-0.1, -0.05) is 25.5 Å². The number of unbranched alkanes of at least 4 members (excludes halogenated alkanes) is 1. The van der Waals surface area contributed by atoms with Crippen LogP contribution in [0, 0.1) is 0 Å². The van der Waals surface area contributed by atoms with Gasteiger partial charge in [0.25, 0.3) is 0 Å². The number of nitrogens with one attached hydrogen (secondary N) is 1. The topological polar surface area (TPSA) is 75.6 Å². The van der Waals surface area contributed by atoms with E-state index in [0.29, 0.717) is 12.2 Å². The van der Waals surface area contributed by atoms with Crippen LogP contribution >= 0.6 is 0 Å². The third-order valence-corrected chi connectivity index (χ3v) is 2.50. The van der Waals surface area contributed by atoms with E-state index in [1.54, 1.807) is 24.3 Å². The Kier molecular flexibility index (Phi) is 6.29. The summed E-state index contributed by atoms with van der Waals surface area (Å²) >= 11 is 0. The Morgan fingerprint density at radius 3 is 2.45 bits per heavy atom. The quantitative estimate of drug-likeness (QED) is 0.593. The van der Waals surface area contributed by atoms with Gasteiger partial charge in [-0.3, -0.25) is 4.79 Å². The molecule has 0 saturated heterocycles. The molecular weight excluding hydrogens is 258 g/mol. The molecule has 1 amide bonds. The van der Waals surface area contributed by atoms with Crippen LogP contribution < -0.4 is 10.1 Å². The fraction of sp³-hybridized carbons (Fsp3) is 0.333. The SMILES string of the molecule is CCCCOc1ccc(/C=C(/NC(C)=O)C(=O)O)cc1. The normalized spacial score (nSPS) is 11.0. The average Bonchev–Trinajstić information content (AvgIpc) is 2.39. The average molecular weight is 277 g/mol. The van der Waals surface area contributed by atoms with E-state index >= 15 is 0 Å². The second kappa shape index (κ2) is 7.99. The van der Waals surface area contributed by atoms with E-state index < -0.39 is 11.9 Å². The minimum Gasteiger partial charge on any atom is -0.494 e.